The van der Waals surface area contributed by atoms with E-state index >= 15 is 0 Å². The Kier molecular flexibility index (Phi) is 18.2. The van der Waals surface area contributed by atoms with Crippen LogP contribution in [-0.4, -0.2) is 176 Å². The number of ether oxygens (including phenoxy) is 12. The summed E-state index contributed by atoms with van der Waals surface area (Å²) in [7, 11) is 7.83. The number of phenols is 3. The SMILES string of the molecule is COc1cc(C=CC(=O)OC[C@@H]2O[C@H](OC[C@H]3O[C@H](OC(=O)C=Cc4cc(OC)c(O)c(OC)c4)[C@H](OC(=O)C=Cc4cc(OC)c(O)c(OC)c4)[C@@H](O)[C@H]3O)[C@H](O)[C@H](O)[C@@H]2O)cc(OC)c1O. The van der Waals surface area contributed by atoms with Crippen LogP contribution in [0.3, 0.4) is 0 Å². The number of phenolic OH excluding ortho intramolecular Hbond substituents is 3. The van der Waals surface area contributed by atoms with E-state index in [4.69, 9.17) is 56.8 Å². The molecule has 0 spiro atoms. The van der Waals surface area contributed by atoms with Gasteiger partial charge < -0.3 is 97.7 Å². The van der Waals surface area contributed by atoms with Crippen LogP contribution in [0.1, 0.15) is 16.7 Å². The Balaban J connectivity index is 1.30. The Morgan fingerprint density at radius 1 is 0.471 bits per heavy atom. The molecule has 2 heterocycles. The number of methoxy groups -OCH3 is 6. The van der Waals surface area contributed by atoms with Crippen molar-refractivity contribution in [3.8, 4) is 51.7 Å². The van der Waals surface area contributed by atoms with E-state index in [1.54, 1.807) is 0 Å². The lowest BCUT2D eigenvalue weighted by atomic mass is 9.98. The fourth-order valence-electron chi connectivity index (χ4n) is 6.71. The van der Waals surface area contributed by atoms with Crippen LogP contribution in [0.25, 0.3) is 18.2 Å². The number of benzene rings is 3. The Bertz CT molecular complexity index is 2250. The smallest absolute Gasteiger partial charge is 0.333 e. The summed E-state index contributed by atoms with van der Waals surface area (Å²) >= 11 is 0. The summed E-state index contributed by atoms with van der Waals surface area (Å²) in [6, 6.07) is 8.34. The molecular weight excluding hydrogens is 908 g/mol. The molecule has 370 valence electrons. The van der Waals surface area contributed by atoms with Crippen molar-refractivity contribution in [1.29, 1.82) is 0 Å². The monoisotopic (exact) mass is 960 g/mol. The summed E-state index contributed by atoms with van der Waals surface area (Å²) in [5.74, 6) is -3.84. The molecule has 3 aromatic rings. The zero-order valence-electron chi connectivity index (χ0n) is 37.3. The van der Waals surface area contributed by atoms with Crippen molar-refractivity contribution in [2.45, 2.75) is 61.4 Å². The summed E-state index contributed by atoms with van der Waals surface area (Å²) in [4.78, 5) is 39.0. The van der Waals surface area contributed by atoms with E-state index in [9.17, 15) is 55.2 Å². The number of aliphatic hydroxyl groups is 5. The zero-order valence-corrected chi connectivity index (χ0v) is 37.3. The second-order valence-corrected chi connectivity index (χ2v) is 14.7. The first-order valence-electron chi connectivity index (χ1n) is 20.3. The molecule has 5 rings (SSSR count). The first kappa shape index (κ1) is 52.1. The highest BCUT2D eigenvalue weighted by Gasteiger charge is 2.50. The van der Waals surface area contributed by atoms with E-state index < -0.39 is 92.5 Å². The highest BCUT2D eigenvalue weighted by Crippen LogP contribution is 2.40. The summed E-state index contributed by atoms with van der Waals surface area (Å²) in [5, 5.41) is 85.2. The maximum absolute atomic E-state index is 13.2. The first-order chi connectivity index (χ1) is 32.5. The largest absolute Gasteiger partial charge is 0.502 e. The molecule has 0 bridgehead atoms. The van der Waals surface area contributed by atoms with E-state index in [0.717, 1.165) is 18.2 Å². The molecule has 3 aromatic carbocycles. The lowest BCUT2D eigenvalue weighted by Crippen LogP contribution is -2.62. The maximum atomic E-state index is 13.2. The standard InChI is InChI=1S/C45H52O23/c1-57-24-13-21(14-25(58-2)35(24)49)7-10-32(46)63-19-30-38(52)40(54)42(56)44(65-30)64-20-31-39(53)41(55)43(67-33(47)11-8-22-15-26(59-3)36(50)27(16-22)60-4)45(66-31)68-34(48)12-9-23-17-28(61-5)37(51)29(18-23)62-6/h7-18,30-31,38-45,49-56H,19-20H2,1-6H3/t30-,31+,38+,39-,40+,41-,42+,43+,44-,45+/m0/s1. The van der Waals surface area contributed by atoms with E-state index in [-0.39, 0.29) is 51.7 Å². The van der Waals surface area contributed by atoms with Gasteiger partial charge in [0.1, 0.15) is 49.3 Å². The lowest BCUT2D eigenvalue weighted by molar-refractivity contribution is -0.327. The van der Waals surface area contributed by atoms with Crippen molar-refractivity contribution in [2.24, 2.45) is 0 Å². The molecule has 0 saturated carbocycles. The molecule has 2 aliphatic rings. The van der Waals surface area contributed by atoms with Crippen molar-refractivity contribution in [3.63, 3.8) is 0 Å². The minimum Gasteiger partial charge on any atom is -0.502 e. The fourth-order valence-corrected chi connectivity index (χ4v) is 6.71. The van der Waals surface area contributed by atoms with Crippen LogP contribution in [0, 0.1) is 0 Å². The predicted molar refractivity (Wildman–Crippen MR) is 231 cm³/mol. The number of aliphatic hydroxyl groups excluding tert-OH is 5. The van der Waals surface area contributed by atoms with Gasteiger partial charge >= 0.3 is 17.9 Å². The van der Waals surface area contributed by atoms with Gasteiger partial charge in [0.25, 0.3) is 0 Å². The second-order valence-electron chi connectivity index (χ2n) is 14.7. The summed E-state index contributed by atoms with van der Waals surface area (Å²) in [6.07, 6.45) is -11.7. The molecule has 0 aromatic heterocycles. The van der Waals surface area contributed by atoms with Crippen LogP contribution in [0.15, 0.2) is 54.6 Å². The number of carbonyl (C=O) groups is 3. The number of hydrogen-bond donors (Lipinski definition) is 8. The van der Waals surface area contributed by atoms with Gasteiger partial charge in [0.2, 0.25) is 23.5 Å². The normalized spacial score (nSPS) is 24.9. The third kappa shape index (κ3) is 12.6. The molecule has 0 amide bonds. The highest BCUT2D eigenvalue weighted by atomic mass is 16.7. The van der Waals surface area contributed by atoms with Crippen molar-refractivity contribution >= 4 is 36.1 Å². The van der Waals surface area contributed by atoms with E-state index in [2.05, 4.69) is 0 Å². The molecule has 23 nitrogen and oxygen atoms in total. The maximum Gasteiger partial charge on any atom is 0.333 e. The summed E-state index contributed by atoms with van der Waals surface area (Å²) in [6.45, 7) is -1.43. The Labute approximate surface area is 388 Å². The molecule has 2 aliphatic heterocycles. The average Bonchev–Trinajstić information content (AvgIpc) is 3.33. The third-order valence-corrected chi connectivity index (χ3v) is 10.4. The van der Waals surface area contributed by atoms with Crippen LogP contribution >= 0.6 is 0 Å². The molecule has 2 fully saturated rings. The Morgan fingerprint density at radius 2 is 0.824 bits per heavy atom. The lowest BCUT2D eigenvalue weighted by Gasteiger charge is -2.43. The topological polar surface area (TPSA) is 324 Å². The van der Waals surface area contributed by atoms with Crippen LogP contribution in [0.5, 0.6) is 51.7 Å². The molecule has 10 atom stereocenters. The third-order valence-electron chi connectivity index (χ3n) is 10.4. The minimum atomic E-state index is -2.04. The highest BCUT2D eigenvalue weighted by molar-refractivity contribution is 5.89. The molecular formula is C45H52O23. The quantitative estimate of drug-likeness (QED) is 0.0462. The van der Waals surface area contributed by atoms with Gasteiger partial charge in [-0.15, -0.1) is 0 Å². The van der Waals surface area contributed by atoms with Crippen LogP contribution in [-0.2, 0) is 42.8 Å². The van der Waals surface area contributed by atoms with Gasteiger partial charge in [-0.1, -0.05) is 0 Å². The number of esters is 3. The number of aromatic hydroxyl groups is 3. The molecule has 2 saturated heterocycles. The van der Waals surface area contributed by atoms with Crippen molar-refractivity contribution in [2.75, 3.05) is 55.9 Å². The molecule has 8 N–H and O–H groups in total. The molecule has 0 unspecified atom stereocenters. The fraction of sp³-hybridized carbons (Fsp3) is 0.400. The van der Waals surface area contributed by atoms with Crippen molar-refractivity contribution in [1.82, 2.24) is 0 Å². The van der Waals surface area contributed by atoms with Gasteiger partial charge in [0.15, 0.2) is 46.9 Å². The first-order valence-corrected chi connectivity index (χ1v) is 20.3. The van der Waals surface area contributed by atoms with Gasteiger partial charge in [-0.2, -0.15) is 0 Å². The predicted octanol–water partition coefficient (Wildman–Crippen LogP) is 0.564. The van der Waals surface area contributed by atoms with Crippen molar-refractivity contribution in [3.05, 3.63) is 71.3 Å². The summed E-state index contributed by atoms with van der Waals surface area (Å²) < 4.78 is 63.9. The van der Waals surface area contributed by atoms with Crippen LogP contribution in [0.2, 0.25) is 0 Å². The van der Waals surface area contributed by atoms with Crippen LogP contribution in [0.4, 0.5) is 0 Å². The van der Waals surface area contributed by atoms with Gasteiger partial charge in [-0.05, 0) is 71.3 Å². The van der Waals surface area contributed by atoms with Gasteiger partial charge in [-0.25, -0.2) is 14.4 Å². The minimum absolute atomic E-state index is 0.0149. The molecule has 0 aliphatic carbocycles. The van der Waals surface area contributed by atoms with E-state index in [1.165, 1.54) is 97.3 Å². The van der Waals surface area contributed by atoms with Gasteiger partial charge in [0.05, 0.1) is 49.3 Å². The Hall–Kier alpha value is -6.83. The van der Waals surface area contributed by atoms with Gasteiger partial charge in [0, 0.05) is 18.2 Å². The van der Waals surface area contributed by atoms with E-state index in [0.29, 0.717) is 16.7 Å². The number of hydrogen-bond acceptors (Lipinski definition) is 23. The number of rotatable bonds is 19. The van der Waals surface area contributed by atoms with Crippen LogP contribution < -0.4 is 28.4 Å². The Morgan fingerprint density at radius 3 is 1.24 bits per heavy atom. The zero-order chi connectivity index (χ0) is 49.8. The molecule has 68 heavy (non-hydrogen) atoms. The van der Waals surface area contributed by atoms with Gasteiger partial charge in [-0.3, -0.25) is 0 Å². The average molecular weight is 961 g/mol. The van der Waals surface area contributed by atoms with E-state index in [1.807, 2.05) is 0 Å². The molecule has 23 heteroatoms. The number of carbonyl (C=O) groups excluding carboxylic acids is 3. The summed E-state index contributed by atoms with van der Waals surface area (Å²) in [5.41, 5.74) is 0.984. The van der Waals surface area contributed by atoms with Crippen molar-refractivity contribution < 1.29 is 112 Å². The second kappa shape index (κ2) is 23.8. The molecule has 0 radical (unpaired) electrons.